The van der Waals surface area contributed by atoms with Crippen LogP contribution in [0.3, 0.4) is 0 Å². The second-order valence-electron chi connectivity index (χ2n) is 7.68. The lowest BCUT2D eigenvalue weighted by molar-refractivity contribution is -0.142. The Morgan fingerprint density at radius 1 is 1.37 bits per heavy atom. The average Bonchev–Trinajstić information content (AvgIpc) is 3.47. The van der Waals surface area contributed by atoms with Gasteiger partial charge in [-0.1, -0.05) is 11.6 Å². The van der Waals surface area contributed by atoms with Crippen molar-refractivity contribution in [3.05, 3.63) is 34.1 Å². The van der Waals surface area contributed by atoms with Crippen LogP contribution in [0.15, 0.2) is 12.1 Å². The fraction of sp³-hybridized carbons (Fsp3) is 0.526. The van der Waals surface area contributed by atoms with E-state index in [0.29, 0.717) is 23.0 Å². The number of rotatable bonds is 8. The minimum atomic E-state index is -4.67. The molecule has 0 aromatic carbocycles. The number of carbonyl (C=O) groups is 2. The minimum Gasteiger partial charge on any atom is -0.302 e. The summed E-state index contributed by atoms with van der Waals surface area (Å²) in [5.74, 6) is -0.727. The van der Waals surface area contributed by atoms with E-state index in [1.807, 2.05) is 25.8 Å². The molecule has 0 spiro atoms. The molecule has 0 bridgehead atoms. The Bertz CT molecular complexity index is 956. The fourth-order valence-corrected chi connectivity index (χ4v) is 3.32. The highest BCUT2D eigenvalue weighted by atomic mass is 35.5. The van der Waals surface area contributed by atoms with Gasteiger partial charge in [0.15, 0.2) is 5.69 Å². The first kappa shape index (κ1) is 22.4. The molecular formula is C19H23ClF3N5O2. The number of alkyl halides is 3. The first-order valence-electron chi connectivity index (χ1n) is 9.55. The second-order valence-corrected chi connectivity index (χ2v) is 8.06. The molecule has 0 saturated heterocycles. The van der Waals surface area contributed by atoms with Gasteiger partial charge in [0.2, 0.25) is 6.41 Å². The van der Waals surface area contributed by atoms with E-state index in [4.69, 9.17) is 11.6 Å². The monoisotopic (exact) mass is 445 g/mol. The Morgan fingerprint density at radius 2 is 2.03 bits per heavy atom. The van der Waals surface area contributed by atoms with E-state index in [9.17, 15) is 22.8 Å². The highest BCUT2D eigenvalue weighted by Gasteiger charge is 2.38. The Morgan fingerprint density at radius 3 is 2.57 bits per heavy atom. The van der Waals surface area contributed by atoms with Crippen LogP contribution in [0.2, 0.25) is 5.02 Å². The molecule has 7 nitrogen and oxygen atoms in total. The van der Waals surface area contributed by atoms with Crippen LogP contribution in [-0.4, -0.2) is 58.0 Å². The third-order valence-corrected chi connectivity index (χ3v) is 5.62. The van der Waals surface area contributed by atoms with Crippen LogP contribution in [0.1, 0.15) is 54.4 Å². The van der Waals surface area contributed by atoms with E-state index < -0.39 is 17.8 Å². The highest BCUT2D eigenvalue weighted by molar-refractivity contribution is 6.36. The van der Waals surface area contributed by atoms with Crippen LogP contribution in [0, 0.1) is 0 Å². The van der Waals surface area contributed by atoms with Crippen LogP contribution in [0.25, 0.3) is 5.52 Å². The number of halogens is 4. The molecule has 1 fully saturated rings. The van der Waals surface area contributed by atoms with Gasteiger partial charge in [-0.3, -0.25) is 15.0 Å². The van der Waals surface area contributed by atoms with Crippen molar-refractivity contribution >= 4 is 29.4 Å². The Labute approximate surface area is 176 Å². The van der Waals surface area contributed by atoms with E-state index in [1.165, 1.54) is 0 Å². The molecule has 11 heteroatoms. The standard InChI is InChI=1S/C19H23ClF3N5O2/c1-11(2)26(3)6-7-27(24-10-29)18(30)17-16(20)14-8-13(12-4-5-12)9-15(19(21,22)23)28(14)25-17/h8-12H,4-7H2,1-3H3,(H,24,29). The lowest BCUT2D eigenvalue weighted by atomic mass is 10.1. The number of amides is 2. The van der Waals surface area contributed by atoms with E-state index >= 15 is 0 Å². The van der Waals surface area contributed by atoms with Gasteiger partial charge in [-0.2, -0.15) is 18.3 Å². The SMILES string of the molecule is CC(C)N(C)CCN(NC=O)C(=O)c1nn2c(C(F)(F)F)cc(C3CC3)cc2c1Cl. The Kier molecular flexibility index (Phi) is 6.28. The van der Waals surface area contributed by atoms with Gasteiger partial charge in [-0.05, 0) is 57.4 Å². The first-order chi connectivity index (χ1) is 14.0. The first-order valence-corrected chi connectivity index (χ1v) is 9.93. The summed E-state index contributed by atoms with van der Waals surface area (Å²) >= 11 is 6.30. The second kappa shape index (κ2) is 8.43. The Hall–Kier alpha value is -2.33. The number of hydrogen-bond acceptors (Lipinski definition) is 4. The Balaban J connectivity index is 2.00. The summed E-state index contributed by atoms with van der Waals surface area (Å²) in [5.41, 5.74) is 1.48. The van der Waals surface area contributed by atoms with Crippen molar-refractivity contribution in [1.29, 1.82) is 0 Å². The van der Waals surface area contributed by atoms with Crippen molar-refractivity contribution in [2.75, 3.05) is 20.1 Å². The predicted molar refractivity (Wildman–Crippen MR) is 105 cm³/mol. The van der Waals surface area contributed by atoms with Crippen LogP contribution < -0.4 is 5.43 Å². The van der Waals surface area contributed by atoms with E-state index in [1.54, 1.807) is 6.07 Å². The van der Waals surface area contributed by atoms with Crippen LogP contribution in [0.4, 0.5) is 13.2 Å². The number of hydrazine groups is 1. The maximum absolute atomic E-state index is 13.6. The van der Waals surface area contributed by atoms with Crippen molar-refractivity contribution in [3.63, 3.8) is 0 Å². The zero-order valence-electron chi connectivity index (χ0n) is 16.8. The average molecular weight is 446 g/mol. The summed E-state index contributed by atoms with van der Waals surface area (Å²) in [6, 6.07) is 2.80. The van der Waals surface area contributed by atoms with Gasteiger partial charge in [0.25, 0.3) is 5.91 Å². The summed E-state index contributed by atoms with van der Waals surface area (Å²) < 4.78 is 41.5. The molecule has 2 heterocycles. The van der Waals surface area contributed by atoms with Gasteiger partial charge in [0.1, 0.15) is 5.69 Å². The van der Waals surface area contributed by atoms with Gasteiger partial charge in [0, 0.05) is 12.6 Å². The summed E-state index contributed by atoms with van der Waals surface area (Å²) in [5, 5.41) is 4.69. The number of likely N-dealkylation sites (N-methyl/N-ethyl adjacent to an activating group) is 1. The zero-order chi connectivity index (χ0) is 22.2. The smallest absolute Gasteiger partial charge is 0.302 e. The summed E-state index contributed by atoms with van der Waals surface area (Å²) in [6.45, 7) is 4.47. The molecule has 0 unspecified atom stereocenters. The molecule has 30 heavy (non-hydrogen) atoms. The lowest BCUT2D eigenvalue weighted by Gasteiger charge is -2.26. The largest absolute Gasteiger partial charge is 0.433 e. The quantitative estimate of drug-likeness (QED) is 0.500. The van der Waals surface area contributed by atoms with Gasteiger partial charge in [-0.15, -0.1) is 0 Å². The lowest BCUT2D eigenvalue weighted by Crippen LogP contribution is -2.46. The minimum absolute atomic E-state index is 0.0158. The number of carbonyl (C=O) groups excluding carboxylic acids is 2. The van der Waals surface area contributed by atoms with Gasteiger partial charge >= 0.3 is 6.18 Å². The molecule has 1 N–H and O–H groups in total. The maximum atomic E-state index is 13.6. The van der Waals surface area contributed by atoms with Gasteiger partial charge < -0.3 is 4.90 Å². The summed E-state index contributed by atoms with van der Waals surface area (Å²) in [4.78, 5) is 25.9. The predicted octanol–water partition coefficient (Wildman–Crippen LogP) is 3.33. The molecular weight excluding hydrogens is 423 g/mol. The van der Waals surface area contributed by atoms with Crippen LogP contribution in [-0.2, 0) is 11.0 Å². The molecule has 2 amide bonds. The number of hydrogen-bond donors (Lipinski definition) is 1. The van der Waals surface area contributed by atoms with Crippen LogP contribution >= 0.6 is 11.6 Å². The van der Waals surface area contributed by atoms with Gasteiger partial charge in [-0.25, -0.2) is 9.52 Å². The van der Waals surface area contributed by atoms with Crippen LogP contribution in [0.5, 0.6) is 0 Å². The molecule has 1 saturated carbocycles. The number of nitrogens with one attached hydrogen (secondary N) is 1. The zero-order valence-corrected chi connectivity index (χ0v) is 17.6. The normalized spacial score (nSPS) is 14.6. The summed E-state index contributed by atoms with van der Waals surface area (Å²) in [7, 11) is 1.85. The van der Waals surface area contributed by atoms with Crippen molar-refractivity contribution < 1.29 is 22.8 Å². The molecule has 3 rings (SSSR count). The van der Waals surface area contributed by atoms with Crippen molar-refractivity contribution in [3.8, 4) is 0 Å². The third kappa shape index (κ3) is 4.54. The van der Waals surface area contributed by atoms with E-state index in [0.717, 1.165) is 23.9 Å². The molecule has 0 atom stereocenters. The summed E-state index contributed by atoms with van der Waals surface area (Å²) in [6.07, 6.45) is -2.72. The molecule has 164 valence electrons. The highest BCUT2D eigenvalue weighted by Crippen LogP contribution is 2.43. The van der Waals surface area contributed by atoms with E-state index in [2.05, 4.69) is 10.5 Å². The molecule has 2 aromatic rings. The van der Waals surface area contributed by atoms with Crippen molar-refractivity contribution in [1.82, 2.24) is 24.9 Å². The number of aromatic nitrogens is 2. The van der Waals surface area contributed by atoms with E-state index in [-0.39, 0.29) is 34.7 Å². The van der Waals surface area contributed by atoms with Crippen molar-refractivity contribution in [2.45, 2.75) is 44.8 Å². The molecule has 2 aromatic heterocycles. The maximum Gasteiger partial charge on any atom is 0.433 e. The fourth-order valence-electron chi connectivity index (χ4n) is 3.06. The molecule has 1 aliphatic carbocycles. The number of nitrogens with zero attached hydrogens (tertiary/aromatic N) is 4. The molecule has 0 radical (unpaired) electrons. The molecule has 1 aliphatic rings. The topological polar surface area (TPSA) is 69.9 Å². The van der Waals surface area contributed by atoms with Gasteiger partial charge in [0.05, 0.1) is 17.1 Å². The number of fused-ring (bicyclic) bond motifs is 1. The molecule has 0 aliphatic heterocycles. The third-order valence-electron chi connectivity index (χ3n) is 5.25. The number of pyridine rings is 1. The van der Waals surface area contributed by atoms with Crippen molar-refractivity contribution in [2.24, 2.45) is 0 Å².